The molecule has 0 saturated carbocycles. The van der Waals surface area contributed by atoms with Crippen LogP contribution in [0, 0.1) is 0 Å². The van der Waals surface area contributed by atoms with Crippen molar-refractivity contribution in [1.82, 2.24) is 4.98 Å². The van der Waals surface area contributed by atoms with Gasteiger partial charge in [0.15, 0.2) is 0 Å². The Balaban J connectivity index is 1.84. The number of benzene rings is 1. The summed E-state index contributed by atoms with van der Waals surface area (Å²) >= 11 is 0. The van der Waals surface area contributed by atoms with Crippen LogP contribution in [-0.4, -0.2) is 29.1 Å². The van der Waals surface area contributed by atoms with Crippen molar-refractivity contribution in [1.29, 1.82) is 0 Å². The highest BCUT2D eigenvalue weighted by Crippen LogP contribution is 2.46. The highest BCUT2D eigenvalue weighted by atomic mass is 16.4. The summed E-state index contributed by atoms with van der Waals surface area (Å²) in [7, 11) is 0. The molecule has 0 atom stereocenters. The van der Waals surface area contributed by atoms with E-state index >= 15 is 0 Å². The van der Waals surface area contributed by atoms with E-state index in [0.717, 1.165) is 24.2 Å². The van der Waals surface area contributed by atoms with Crippen LogP contribution in [0.25, 0.3) is 10.9 Å². The number of carbonyl (C=O) groups is 1. The Labute approximate surface area is 117 Å². The number of aliphatic carboxylic acids is 1. The van der Waals surface area contributed by atoms with Gasteiger partial charge in [-0.2, -0.15) is 0 Å². The fourth-order valence-electron chi connectivity index (χ4n) is 3.79. The molecule has 2 bridgehead atoms. The minimum Gasteiger partial charge on any atom is -0.481 e. The quantitative estimate of drug-likeness (QED) is 0.901. The normalized spacial score (nSPS) is 17.7. The maximum atomic E-state index is 10.8. The lowest BCUT2D eigenvalue weighted by Crippen LogP contribution is -2.38. The van der Waals surface area contributed by atoms with E-state index in [1.54, 1.807) is 0 Å². The van der Waals surface area contributed by atoms with E-state index in [1.807, 2.05) is 6.07 Å². The Kier molecular flexibility index (Phi) is 2.52. The summed E-state index contributed by atoms with van der Waals surface area (Å²) in [5, 5.41) is 10.2. The molecule has 104 valence electrons. The summed E-state index contributed by atoms with van der Waals surface area (Å²) < 4.78 is 0. The van der Waals surface area contributed by atoms with E-state index in [1.165, 1.54) is 29.6 Å². The number of aryl methyl sites for hydroxylation is 1. The number of hydrogen-bond donors (Lipinski definition) is 2. The van der Waals surface area contributed by atoms with Gasteiger partial charge in [-0.15, -0.1) is 0 Å². The van der Waals surface area contributed by atoms with Gasteiger partial charge in [0.1, 0.15) is 5.82 Å². The molecule has 0 aliphatic carbocycles. The van der Waals surface area contributed by atoms with E-state index < -0.39 is 5.97 Å². The number of aromatic amines is 1. The van der Waals surface area contributed by atoms with E-state index in [4.69, 9.17) is 5.11 Å². The van der Waals surface area contributed by atoms with Crippen LogP contribution in [0.3, 0.4) is 0 Å². The first-order chi connectivity index (χ1) is 9.74. The van der Waals surface area contributed by atoms with Crippen molar-refractivity contribution in [3.05, 3.63) is 29.3 Å². The summed E-state index contributed by atoms with van der Waals surface area (Å²) in [6.45, 7) is 2.30. The molecule has 1 aromatic carbocycles. The highest BCUT2D eigenvalue weighted by molar-refractivity contribution is 5.93. The Morgan fingerprint density at radius 3 is 2.90 bits per heavy atom. The molecule has 4 heteroatoms. The van der Waals surface area contributed by atoms with Gasteiger partial charge in [-0.05, 0) is 30.7 Å². The Morgan fingerprint density at radius 2 is 2.15 bits per heavy atom. The first-order valence-electron chi connectivity index (χ1n) is 7.34. The van der Waals surface area contributed by atoms with Crippen LogP contribution in [0.1, 0.15) is 36.3 Å². The number of nitrogens with zero attached hydrogens (tertiary/aromatic N) is 1. The van der Waals surface area contributed by atoms with Crippen LogP contribution in [0.2, 0.25) is 0 Å². The van der Waals surface area contributed by atoms with Gasteiger partial charge in [0.05, 0.1) is 5.52 Å². The fourth-order valence-corrected chi connectivity index (χ4v) is 3.79. The Morgan fingerprint density at radius 1 is 1.35 bits per heavy atom. The molecule has 3 aliphatic heterocycles. The minimum atomic E-state index is -0.734. The zero-order chi connectivity index (χ0) is 13.7. The maximum absolute atomic E-state index is 10.8. The summed E-state index contributed by atoms with van der Waals surface area (Å²) in [5.41, 5.74) is 3.74. The van der Waals surface area contributed by atoms with Crippen LogP contribution in [0.5, 0.6) is 0 Å². The summed E-state index contributed by atoms with van der Waals surface area (Å²) in [6, 6.07) is 6.28. The predicted molar refractivity (Wildman–Crippen MR) is 78.4 cm³/mol. The number of piperidine rings is 1. The molecule has 0 amide bonds. The molecule has 2 N–H and O–H groups in total. The fraction of sp³-hybridized carbons (Fsp3) is 0.438. The first-order valence-corrected chi connectivity index (χ1v) is 7.34. The topological polar surface area (TPSA) is 56.3 Å². The third-order valence-electron chi connectivity index (χ3n) is 4.77. The number of nitrogens with one attached hydrogen (secondary N) is 1. The lowest BCUT2D eigenvalue weighted by atomic mass is 9.84. The standard InChI is InChI=1S/C16H18N2O2/c19-13(20)5-4-11-2-1-3-12-14-10-6-8-18(9-7-10)16(14)17-15(11)12/h1-3,10,17H,4-9H2,(H,19,20). The van der Waals surface area contributed by atoms with Crippen molar-refractivity contribution >= 4 is 22.7 Å². The third-order valence-corrected chi connectivity index (χ3v) is 4.77. The van der Waals surface area contributed by atoms with Gasteiger partial charge in [0, 0.05) is 30.5 Å². The van der Waals surface area contributed by atoms with Gasteiger partial charge < -0.3 is 15.0 Å². The second-order valence-electron chi connectivity index (χ2n) is 5.88. The largest absolute Gasteiger partial charge is 0.481 e. The molecule has 1 saturated heterocycles. The molecule has 4 nitrogen and oxygen atoms in total. The third kappa shape index (κ3) is 1.64. The van der Waals surface area contributed by atoms with E-state index in [0.29, 0.717) is 12.3 Å². The van der Waals surface area contributed by atoms with Gasteiger partial charge in [-0.1, -0.05) is 18.2 Å². The van der Waals surface area contributed by atoms with E-state index in [9.17, 15) is 4.79 Å². The maximum Gasteiger partial charge on any atom is 0.303 e. The number of rotatable bonds is 3. The molecule has 1 aromatic heterocycles. The van der Waals surface area contributed by atoms with Crippen molar-refractivity contribution in [3.63, 3.8) is 0 Å². The number of anilines is 1. The number of para-hydroxylation sites is 1. The zero-order valence-corrected chi connectivity index (χ0v) is 11.4. The molecule has 0 unspecified atom stereocenters. The van der Waals surface area contributed by atoms with Crippen molar-refractivity contribution in [2.45, 2.75) is 31.6 Å². The number of aromatic nitrogens is 1. The number of H-pyrrole nitrogens is 1. The number of carboxylic acids is 1. The second-order valence-corrected chi connectivity index (χ2v) is 5.88. The summed E-state index contributed by atoms with van der Waals surface area (Å²) in [5.74, 6) is 1.23. The van der Waals surface area contributed by atoms with Crippen molar-refractivity contribution in [2.75, 3.05) is 18.0 Å². The minimum absolute atomic E-state index is 0.190. The van der Waals surface area contributed by atoms with Gasteiger partial charge in [-0.3, -0.25) is 4.79 Å². The smallest absolute Gasteiger partial charge is 0.303 e. The molecule has 0 spiro atoms. The number of carboxylic acid groups (broad SMARTS) is 1. The lowest BCUT2D eigenvalue weighted by molar-refractivity contribution is -0.136. The van der Waals surface area contributed by atoms with Crippen molar-refractivity contribution in [3.8, 4) is 0 Å². The zero-order valence-electron chi connectivity index (χ0n) is 11.4. The molecular formula is C16H18N2O2. The van der Waals surface area contributed by atoms with Gasteiger partial charge in [0.25, 0.3) is 0 Å². The molecule has 0 radical (unpaired) electrons. The van der Waals surface area contributed by atoms with E-state index in [-0.39, 0.29) is 6.42 Å². The van der Waals surface area contributed by atoms with Gasteiger partial charge >= 0.3 is 5.97 Å². The van der Waals surface area contributed by atoms with Crippen molar-refractivity contribution < 1.29 is 9.90 Å². The number of fused-ring (bicyclic) bond motifs is 3. The second kappa shape index (κ2) is 4.27. The number of hydrogen-bond acceptors (Lipinski definition) is 2. The van der Waals surface area contributed by atoms with Crippen molar-refractivity contribution in [2.24, 2.45) is 0 Å². The molecule has 1 fully saturated rings. The van der Waals surface area contributed by atoms with Crippen LogP contribution in [0.4, 0.5) is 5.82 Å². The van der Waals surface area contributed by atoms with Crippen LogP contribution in [0.15, 0.2) is 18.2 Å². The van der Waals surface area contributed by atoms with Crippen LogP contribution < -0.4 is 4.90 Å². The monoisotopic (exact) mass is 270 g/mol. The Bertz CT molecular complexity index is 681. The Hall–Kier alpha value is -1.97. The summed E-state index contributed by atoms with van der Waals surface area (Å²) in [6.07, 6.45) is 3.28. The molecule has 20 heavy (non-hydrogen) atoms. The molecule has 4 heterocycles. The molecule has 2 aromatic rings. The van der Waals surface area contributed by atoms with Gasteiger partial charge in [0.2, 0.25) is 0 Å². The SMILES string of the molecule is O=C(O)CCc1cccc2c3c([nH]c12)N1CCC3CC1. The van der Waals surface area contributed by atoms with E-state index in [2.05, 4.69) is 22.0 Å². The lowest BCUT2D eigenvalue weighted by Gasteiger charge is -2.40. The van der Waals surface area contributed by atoms with Gasteiger partial charge in [-0.25, -0.2) is 0 Å². The average molecular weight is 270 g/mol. The van der Waals surface area contributed by atoms with Crippen LogP contribution in [-0.2, 0) is 11.2 Å². The molecule has 5 rings (SSSR count). The first kappa shape index (κ1) is 11.8. The predicted octanol–water partition coefficient (Wildman–Crippen LogP) is 2.88. The highest BCUT2D eigenvalue weighted by Gasteiger charge is 2.34. The molecule has 3 aliphatic rings. The summed E-state index contributed by atoms with van der Waals surface area (Å²) in [4.78, 5) is 16.8. The average Bonchev–Trinajstić information content (AvgIpc) is 2.88. The van der Waals surface area contributed by atoms with Crippen LogP contribution >= 0.6 is 0 Å². The molecular weight excluding hydrogens is 252 g/mol.